The second kappa shape index (κ2) is 4.25. The standard InChI is InChI=1S/C13H16N4O/c1-8-15-11-7-9(12(14)16(2)3)5-6-10(11)13(18)17(8)4/h5-7,14H,1-4H3. The van der Waals surface area contributed by atoms with Crippen molar-refractivity contribution in [3.8, 4) is 0 Å². The van der Waals surface area contributed by atoms with E-state index in [1.165, 1.54) is 4.57 Å². The van der Waals surface area contributed by atoms with Gasteiger partial charge in [-0.3, -0.25) is 14.8 Å². The van der Waals surface area contributed by atoms with Crippen molar-refractivity contribution in [2.24, 2.45) is 7.05 Å². The van der Waals surface area contributed by atoms with Crippen LogP contribution in [-0.4, -0.2) is 34.4 Å². The lowest BCUT2D eigenvalue weighted by Gasteiger charge is -2.14. The molecule has 0 saturated carbocycles. The van der Waals surface area contributed by atoms with Gasteiger partial charge in [0.2, 0.25) is 0 Å². The molecule has 2 aromatic rings. The number of nitrogens with one attached hydrogen (secondary N) is 1. The van der Waals surface area contributed by atoms with E-state index in [9.17, 15) is 4.79 Å². The van der Waals surface area contributed by atoms with Crippen molar-refractivity contribution in [1.82, 2.24) is 14.5 Å². The number of fused-ring (bicyclic) bond motifs is 1. The Morgan fingerprint density at radius 2 is 2.06 bits per heavy atom. The zero-order valence-corrected chi connectivity index (χ0v) is 11.0. The Kier molecular flexibility index (Phi) is 2.90. The number of nitrogens with zero attached hydrogens (tertiary/aromatic N) is 3. The molecule has 0 aliphatic carbocycles. The topological polar surface area (TPSA) is 62.0 Å². The fourth-order valence-corrected chi connectivity index (χ4v) is 1.79. The molecule has 1 N–H and O–H groups in total. The van der Waals surface area contributed by atoms with Crippen LogP contribution >= 0.6 is 0 Å². The van der Waals surface area contributed by atoms with E-state index in [4.69, 9.17) is 5.41 Å². The van der Waals surface area contributed by atoms with Crippen molar-refractivity contribution in [3.63, 3.8) is 0 Å². The van der Waals surface area contributed by atoms with Crippen molar-refractivity contribution < 1.29 is 0 Å². The molecule has 1 aromatic heterocycles. The maximum absolute atomic E-state index is 12.0. The quantitative estimate of drug-likeness (QED) is 0.604. The van der Waals surface area contributed by atoms with E-state index in [0.29, 0.717) is 22.6 Å². The van der Waals surface area contributed by atoms with E-state index in [0.717, 1.165) is 5.56 Å². The van der Waals surface area contributed by atoms with Gasteiger partial charge >= 0.3 is 0 Å². The Morgan fingerprint density at radius 1 is 1.39 bits per heavy atom. The second-order valence-corrected chi connectivity index (χ2v) is 4.50. The third kappa shape index (κ3) is 1.88. The highest BCUT2D eigenvalue weighted by atomic mass is 16.1. The highest BCUT2D eigenvalue weighted by Crippen LogP contribution is 2.12. The third-order valence-electron chi connectivity index (χ3n) is 3.02. The predicted molar refractivity (Wildman–Crippen MR) is 72.2 cm³/mol. The summed E-state index contributed by atoms with van der Waals surface area (Å²) in [5.41, 5.74) is 1.34. The fourth-order valence-electron chi connectivity index (χ4n) is 1.79. The number of amidine groups is 1. The van der Waals surface area contributed by atoms with Crippen LogP contribution in [0.4, 0.5) is 0 Å². The third-order valence-corrected chi connectivity index (χ3v) is 3.02. The van der Waals surface area contributed by atoms with E-state index in [2.05, 4.69) is 4.98 Å². The first kappa shape index (κ1) is 12.3. The number of hydrogen-bond donors (Lipinski definition) is 1. The van der Waals surface area contributed by atoms with Crippen molar-refractivity contribution in [1.29, 1.82) is 5.41 Å². The molecule has 94 valence electrons. The van der Waals surface area contributed by atoms with E-state index in [1.807, 2.05) is 14.1 Å². The summed E-state index contributed by atoms with van der Waals surface area (Å²) in [6, 6.07) is 5.30. The minimum atomic E-state index is -0.0552. The van der Waals surface area contributed by atoms with Crippen LogP contribution in [0, 0.1) is 12.3 Å². The molecular weight excluding hydrogens is 228 g/mol. The van der Waals surface area contributed by atoms with Crippen LogP contribution in [0.25, 0.3) is 10.9 Å². The minimum absolute atomic E-state index is 0.0552. The van der Waals surface area contributed by atoms with E-state index < -0.39 is 0 Å². The van der Waals surface area contributed by atoms with Crippen molar-refractivity contribution in [3.05, 3.63) is 39.9 Å². The Bertz CT molecular complexity index is 685. The lowest BCUT2D eigenvalue weighted by molar-refractivity contribution is 0.619. The van der Waals surface area contributed by atoms with E-state index >= 15 is 0 Å². The van der Waals surface area contributed by atoms with E-state index in [1.54, 1.807) is 37.1 Å². The van der Waals surface area contributed by atoms with Crippen LogP contribution in [0.2, 0.25) is 0 Å². The van der Waals surface area contributed by atoms with Gasteiger partial charge < -0.3 is 4.90 Å². The lowest BCUT2D eigenvalue weighted by atomic mass is 10.1. The van der Waals surface area contributed by atoms with Gasteiger partial charge in [0.15, 0.2) is 0 Å². The molecular formula is C13H16N4O. The molecule has 1 aromatic carbocycles. The van der Waals surface area contributed by atoms with Crippen LogP contribution in [0.5, 0.6) is 0 Å². The molecule has 5 nitrogen and oxygen atoms in total. The summed E-state index contributed by atoms with van der Waals surface area (Å²) in [5, 5.41) is 8.51. The molecule has 5 heteroatoms. The Balaban J connectivity index is 2.70. The number of aromatic nitrogens is 2. The van der Waals surface area contributed by atoms with Crippen LogP contribution in [0.1, 0.15) is 11.4 Å². The fraction of sp³-hybridized carbons (Fsp3) is 0.308. The van der Waals surface area contributed by atoms with Gasteiger partial charge in [-0.15, -0.1) is 0 Å². The summed E-state index contributed by atoms with van der Waals surface area (Å²) in [6.45, 7) is 1.80. The maximum atomic E-state index is 12.0. The number of rotatable bonds is 1. The molecule has 1 heterocycles. The van der Waals surface area contributed by atoms with E-state index in [-0.39, 0.29) is 5.56 Å². The number of aryl methyl sites for hydroxylation is 1. The van der Waals surface area contributed by atoms with Crippen LogP contribution in [0.3, 0.4) is 0 Å². The molecule has 0 spiro atoms. The first-order valence-corrected chi connectivity index (χ1v) is 5.65. The van der Waals surface area contributed by atoms with Crippen LogP contribution < -0.4 is 5.56 Å². The normalized spacial score (nSPS) is 10.7. The average Bonchev–Trinajstić information content (AvgIpc) is 2.34. The molecule has 0 aliphatic heterocycles. The monoisotopic (exact) mass is 244 g/mol. The van der Waals surface area contributed by atoms with Gasteiger partial charge in [-0.25, -0.2) is 4.98 Å². The van der Waals surface area contributed by atoms with Gasteiger partial charge in [0, 0.05) is 26.7 Å². The zero-order valence-electron chi connectivity index (χ0n) is 11.0. The molecule has 0 fully saturated rings. The van der Waals surface area contributed by atoms with Gasteiger partial charge in [0.05, 0.1) is 10.9 Å². The van der Waals surface area contributed by atoms with Gasteiger partial charge in [0.1, 0.15) is 11.7 Å². The molecule has 0 aliphatic rings. The molecule has 0 amide bonds. The Morgan fingerprint density at radius 3 is 2.67 bits per heavy atom. The van der Waals surface area contributed by atoms with Crippen LogP contribution in [-0.2, 0) is 7.05 Å². The molecule has 2 rings (SSSR count). The highest BCUT2D eigenvalue weighted by Gasteiger charge is 2.09. The predicted octanol–water partition coefficient (Wildman–Crippen LogP) is 1.13. The Labute approximate surface area is 105 Å². The van der Waals surface area contributed by atoms with Gasteiger partial charge in [-0.2, -0.15) is 0 Å². The highest BCUT2D eigenvalue weighted by molar-refractivity contribution is 5.99. The smallest absolute Gasteiger partial charge is 0.261 e. The average molecular weight is 244 g/mol. The molecule has 18 heavy (non-hydrogen) atoms. The zero-order chi connectivity index (χ0) is 13.4. The SMILES string of the molecule is Cc1nc2cc(C(=N)N(C)C)ccc2c(=O)n1C. The first-order chi connectivity index (χ1) is 8.41. The lowest BCUT2D eigenvalue weighted by Crippen LogP contribution is -2.23. The molecule has 0 radical (unpaired) electrons. The van der Waals surface area contributed by atoms with Gasteiger partial charge in [-0.1, -0.05) is 6.07 Å². The minimum Gasteiger partial charge on any atom is -0.363 e. The van der Waals surface area contributed by atoms with Crippen molar-refractivity contribution in [2.75, 3.05) is 14.1 Å². The first-order valence-electron chi connectivity index (χ1n) is 5.65. The largest absolute Gasteiger partial charge is 0.363 e. The molecule has 0 bridgehead atoms. The van der Waals surface area contributed by atoms with Crippen LogP contribution in [0.15, 0.2) is 23.0 Å². The molecule has 0 atom stereocenters. The summed E-state index contributed by atoms with van der Waals surface area (Å²) < 4.78 is 1.53. The summed E-state index contributed by atoms with van der Waals surface area (Å²) in [5.74, 6) is 1.07. The Hall–Kier alpha value is -2.17. The maximum Gasteiger partial charge on any atom is 0.261 e. The molecule has 0 saturated heterocycles. The van der Waals surface area contributed by atoms with Crippen molar-refractivity contribution >= 4 is 16.7 Å². The summed E-state index contributed by atoms with van der Waals surface area (Å²) >= 11 is 0. The van der Waals surface area contributed by atoms with Gasteiger partial charge in [-0.05, 0) is 19.1 Å². The summed E-state index contributed by atoms with van der Waals surface area (Å²) in [4.78, 5) is 18.1. The van der Waals surface area contributed by atoms with Crippen molar-refractivity contribution in [2.45, 2.75) is 6.92 Å². The number of benzene rings is 1. The van der Waals surface area contributed by atoms with Gasteiger partial charge in [0.25, 0.3) is 5.56 Å². The molecule has 0 unspecified atom stereocenters. The summed E-state index contributed by atoms with van der Waals surface area (Å²) in [7, 11) is 5.34. The number of hydrogen-bond acceptors (Lipinski definition) is 3. The summed E-state index contributed by atoms with van der Waals surface area (Å²) in [6.07, 6.45) is 0. The second-order valence-electron chi connectivity index (χ2n) is 4.50.